The lowest BCUT2D eigenvalue weighted by Crippen LogP contribution is -2.59. The Hall–Kier alpha value is -2.04. The highest BCUT2D eigenvalue weighted by atomic mass is 15.4. The summed E-state index contributed by atoms with van der Waals surface area (Å²) in [6, 6.07) is 10.5. The van der Waals surface area contributed by atoms with Gasteiger partial charge < -0.3 is 10.2 Å². The van der Waals surface area contributed by atoms with Gasteiger partial charge in [0.25, 0.3) is 0 Å². The molecular weight excluding hydrogens is 346 g/mol. The van der Waals surface area contributed by atoms with Crippen LogP contribution in [0.4, 0.5) is 0 Å². The van der Waals surface area contributed by atoms with Gasteiger partial charge in [0.1, 0.15) is 5.66 Å². The molecule has 1 aliphatic rings. The lowest BCUT2D eigenvalue weighted by Gasteiger charge is -2.34. The lowest BCUT2D eigenvalue weighted by molar-refractivity contribution is 0.420. The topological polar surface area (TPSA) is 52.0 Å². The molecule has 0 atom stereocenters. The average Bonchev–Trinajstić information content (AvgIpc) is 2.66. The molecular formula is C23H39N5. The Morgan fingerprint density at radius 1 is 0.964 bits per heavy atom. The second-order valence-electron chi connectivity index (χ2n) is 8.29. The van der Waals surface area contributed by atoms with Crippen LogP contribution in [-0.2, 0) is 6.54 Å². The summed E-state index contributed by atoms with van der Waals surface area (Å²) < 4.78 is 0. The fraction of sp³-hybridized carbons (Fsp3) is 0.652. The van der Waals surface area contributed by atoms with Crippen LogP contribution in [-0.4, -0.2) is 36.1 Å². The van der Waals surface area contributed by atoms with E-state index in [1.54, 1.807) is 0 Å². The molecule has 0 bridgehead atoms. The maximum Gasteiger partial charge on any atom is 0.203 e. The molecule has 0 unspecified atom stereocenters. The van der Waals surface area contributed by atoms with Crippen LogP contribution < -0.4 is 10.6 Å². The first kappa shape index (κ1) is 22.3. The molecule has 0 aliphatic carbocycles. The van der Waals surface area contributed by atoms with E-state index in [4.69, 9.17) is 9.98 Å². The van der Waals surface area contributed by atoms with E-state index in [1.807, 2.05) is 6.07 Å². The summed E-state index contributed by atoms with van der Waals surface area (Å²) in [5.74, 6) is 1.69. The Kier molecular flexibility index (Phi) is 9.32. The van der Waals surface area contributed by atoms with Crippen molar-refractivity contribution in [1.82, 2.24) is 15.5 Å². The molecule has 1 aromatic rings. The smallest absolute Gasteiger partial charge is 0.203 e. The molecule has 0 spiro atoms. The first-order valence-corrected chi connectivity index (χ1v) is 10.9. The van der Waals surface area contributed by atoms with Gasteiger partial charge in [-0.3, -0.25) is 10.3 Å². The van der Waals surface area contributed by atoms with Crippen LogP contribution in [0.1, 0.15) is 77.7 Å². The quantitative estimate of drug-likeness (QED) is 0.533. The number of hydrogen-bond donors (Lipinski definition) is 2. The van der Waals surface area contributed by atoms with Crippen LogP contribution in [0.25, 0.3) is 0 Å². The molecule has 0 saturated carbocycles. The van der Waals surface area contributed by atoms with E-state index in [9.17, 15) is 0 Å². The highest BCUT2D eigenvalue weighted by Gasteiger charge is 2.26. The van der Waals surface area contributed by atoms with Crippen molar-refractivity contribution in [3.8, 4) is 0 Å². The first-order valence-electron chi connectivity index (χ1n) is 10.9. The van der Waals surface area contributed by atoms with Gasteiger partial charge in [-0.25, -0.2) is 4.99 Å². The summed E-state index contributed by atoms with van der Waals surface area (Å²) in [6.45, 7) is 8.10. The molecule has 2 N–H and O–H groups in total. The van der Waals surface area contributed by atoms with Crippen LogP contribution in [0.15, 0.2) is 40.3 Å². The van der Waals surface area contributed by atoms with Crippen LogP contribution in [0.2, 0.25) is 0 Å². The Morgan fingerprint density at radius 2 is 1.61 bits per heavy atom. The number of unbranched alkanes of at least 4 members (excludes halogenated alkanes) is 7. The fourth-order valence-corrected chi connectivity index (χ4v) is 3.38. The molecule has 1 aromatic carbocycles. The minimum Gasteiger partial charge on any atom is -0.341 e. The third-order valence-electron chi connectivity index (χ3n) is 4.95. The molecule has 156 valence electrons. The van der Waals surface area contributed by atoms with E-state index >= 15 is 0 Å². The molecule has 1 heterocycles. The minimum atomic E-state index is -0.357. The average molecular weight is 386 g/mol. The van der Waals surface area contributed by atoms with Crippen LogP contribution >= 0.6 is 0 Å². The summed E-state index contributed by atoms with van der Waals surface area (Å²) in [5, 5.41) is 6.76. The monoisotopic (exact) mass is 385 g/mol. The van der Waals surface area contributed by atoms with E-state index in [0.717, 1.165) is 31.4 Å². The van der Waals surface area contributed by atoms with Crippen molar-refractivity contribution in [3.05, 3.63) is 35.9 Å². The van der Waals surface area contributed by atoms with E-state index in [0.29, 0.717) is 0 Å². The predicted molar refractivity (Wildman–Crippen MR) is 121 cm³/mol. The zero-order valence-corrected chi connectivity index (χ0v) is 18.3. The van der Waals surface area contributed by atoms with Crippen molar-refractivity contribution < 1.29 is 0 Å². The number of nitrogens with zero attached hydrogens (tertiary/aromatic N) is 3. The van der Waals surface area contributed by atoms with Gasteiger partial charge in [0, 0.05) is 20.1 Å². The van der Waals surface area contributed by atoms with Crippen molar-refractivity contribution in [2.24, 2.45) is 9.98 Å². The largest absolute Gasteiger partial charge is 0.341 e. The zero-order valence-electron chi connectivity index (χ0n) is 18.3. The van der Waals surface area contributed by atoms with Gasteiger partial charge in [-0.05, 0) is 25.8 Å². The Balaban J connectivity index is 1.78. The standard InChI is InChI=1S/C23H39N5/c1-5-6-7-8-9-10-11-15-18-24-21-25-22(27-23(2,3)26-21)28(4)19-20-16-13-12-14-17-20/h12-14,16-17H,5-11,15,18-19H2,1-4H3,(H2,24,25,26,27). The van der Waals surface area contributed by atoms with E-state index in [1.165, 1.54) is 50.5 Å². The summed E-state index contributed by atoms with van der Waals surface area (Å²) in [7, 11) is 2.07. The Morgan fingerprint density at radius 3 is 2.29 bits per heavy atom. The van der Waals surface area contributed by atoms with Crippen molar-refractivity contribution in [3.63, 3.8) is 0 Å². The second kappa shape index (κ2) is 11.7. The van der Waals surface area contributed by atoms with Gasteiger partial charge in [-0.2, -0.15) is 0 Å². The molecule has 28 heavy (non-hydrogen) atoms. The lowest BCUT2D eigenvalue weighted by atomic mass is 10.1. The van der Waals surface area contributed by atoms with Crippen molar-refractivity contribution >= 4 is 11.9 Å². The zero-order chi connectivity index (χ0) is 20.2. The maximum atomic E-state index is 4.79. The molecule has 0 amide bonds. The predicted octanol–water partition coefficient (Wildman–Crippen LogP) is 4.90. The van der Waals surface area contributed by atoms with E-state index in [-0.39, 0.29) is 5.66 Å². The Labute approximate surface area is 171 Å². The van der Waals surface area contributed by atoms with Gasteiger partial charge in [-0.1, -0.05) is 82.2 Å². The third kappa shape index (κ3) is 8.32. The van der Waals surface area contributed by atoms with E-state index < -0.39 is 0 Å². The van der Waals surface area contributed by atoms with Crippen LogP contribution in [0, 0.1) is 0 Å². The van der Waals surface area contributed by atoms with Crippen molar-refractivity contribution in [2.75, 3.05) is 13.6 Å². The summed E-state index contributed by atoms with van der Waals surface area (Å²) in [6.07, 6.45) is 10.6. The Bertz CT molecular complexity index is 621. The minimum absolute atomic E-state index is 0.357. The molecule has 1 aliphatic heterocycles. The maximum absolute atomic E-state index is 4.79. The highest BCUT2D eigenvalue weighted by Crippen LogP contribution is 2.12. The molecule has 2 rings (SSSR count). The molecule has 0 saturated heterocycles. The van der Waals surface area contributed by atoms with E-state index in [2.05, 4.69) is 67.6 Å². The summed E-state index contributed by atoms with van der Waals surface area (Å²) in [4.78, 5) is 11.7. The number of benzene rings is 1. The number of nitrogens with one attached hydrogen (secondary N) is 2. The van der Waals surface area contributed by atoms with Crippen LogP contribution in [0.3, 0.4) is 0 Å². The molecule has 5 heteroatoms. The van der Waals surface area contributed by atoms with Gasteiger partial charge in [0.15, 0.2) is 5.96 Å². The number of rotatable bonds is 11. The normalized spacial score (nSPS) is 17.0. The second-order valence-corrected chi connectivity index (χ2v) is 8.29. The number of hydrogen-bond acceptors (Lipinski definition) is 3. The van der Waals surface area contributed by atoms with Gasteiger partial charge in [0.2, 0.25) is 5.96 Å². The van der Waals surface area contributed by atoms with Crippen molar-refractivity contribution in [2.45, 2.75) is 84.3 Å². The van der Waals surface area contributed by atoms with Crippen LogP contribution in [0.5, 0.6) is 0 Å². The molecule has 5 nitrogen and oxygen atoms in total. The molecule has 0 fully saturated rings. The first-order chi connectivity index (χ1) is 13.5. The molecule has 0 aromatic heterocycles. The van der Waals surface area contributed by atoms with Gasteiger partial charge >= 0.3 is 0 Å². The highest BCUT2D eigenvalue weighted by molar-refractivity contribution is 6.00. The summed E-state index contributed by atoms with van der Waals surface area (Å²) in [5.41, 5.74) is 0.909. The van der Waals surface area contributed by atoms with Gasteiger partial charge in [-0.15, -0.1) is 0 Å². The van der Waals surface area contributed by atoms with Crippen molar-refractivity contribution in [1.29, 1.82) is 0 Å². The fourth-order valence-electron chi connectivity index (χ4n) is 3.38. The third-order valence-corrected chi connectivity index (χ3v) is 4.95. The molecule has 0 radical (unpaired) electrons. The SMILES string of the molecule is CCCCCCCCCCN=C1NC(N(C)Cc2ccccc2)=NC(C)(C)N1. The number of aliphatic imine (C=N–C) groups is 2. The number of guanidine groups is 2. The van der Waals surface area contributed by atoms with Gasteiger partial charge in [0.05, 0.1) is 0 Å². The summed E-state index contributed by atoms with van der Waals surface area (Å²) >= 11 is 0.